The second kappa shape index (κ2) is 9.95. The Morgan fingerprint density at radius 3 is 2.47 bits per heavy atom. The average molecular weight is 496 g/mol. The second-order valence-corrected chi connectivity index (χ2v) is 9.67. The van der Waals surface area contributed by atoms with Crippen LogP contribution in [0, 0.1) is 12.8 Å². The van der Waals surface area contributed by atoms with Gasteiger partial charge in [0.25, 0.3) is 0 Å². The summed E-state index contributed by atoms with van der Waals surface area (Å²) >= 11 is 5.90. The van der Waals surface area contributed by atoms with E-state index in [1.165, 1.54) is 0 Å². The van der Waals surface area contributed by atoms with Crippen LogP contribution in [-0.4, -0.2) is 20.6 Å². The number of pyridine rings is 1. The fourth-order valence-electron chi connectivity index (χ4n) is 4.61. The van der Waals surface area contributed by atoms with Gasteiger partial charge in [0.05, 0.1) is 11.7 Å². The molecule has 1 fully saturated rings. The average Bonchev–Trinajstić information content (AvgIpc) is 3.50. The first-order valence-electron chi connectivity index (χ1n) is 12.1. The molecule has 2 aromatic carbocycles. The summed E-state index contributed by atoms with van der Waals surface area (Å²) in [7, 11) is 0. The van der Waals surface area contributed by atoms with Crippen LogP contribution < -0.4 is 15.5 Å². The molecule has 1 saturated heterocycles. The van der Waals surface area contributed by atoms with Gasteiger partial charge in [-0.05, 0) is 79.3 Å². The Kier molecular flexibility index (Phi) is 6.57. The van der Waals surface area contributed by atoms with Crippen LogP contribution >= 0.6 is 12.2 Å². The molecule has 0 unspecified atom stereocenters. The molecule has 0 radical (unpaired) electrons. The van der Waals surface area contributed by atoms with Gasteiger partial charge in [0.1, 0.15) is 6.04 Å². The number of carbonyl (C=O) groups is 1. The number of nitrogens with zero attached hydrogens (tertiary/aromatic N) is 3. The van der Waals surface area contributed by atoms with Crippen LogP contribution in [-0.2, 0) is 4.79 Å². The Morgan fingerprint density at radius 1 is 1.00 bits per heavy atom. The van der Waals surface area contributed by atoms with E-state index in [1.807, 2.05) is 75.5 Å². The molecule has 1 amide bonds. The summed E-state index contributed by atoms with van der Waals surface area (Å²) in [5, 5.41) is 7.19. The van der Waals surface area contributed by atoms with Crippen LogP contribution in [0.5, 0.6) is 0 Å². The normalized spacial score (nSPS) is 17.3. The van der Waals surface area contributed by atoms with Gasteiger partial charge in [-0.3, -0.25) is 9.78 Å². The van der Waals surface area contributed by atoms with E-state index in [0.29, 0.717) is 5.11 Å². The van der Waals surface area contributed by atoms with Crippen molar-refractivity contribution in [3.63, 3.8) is 0 Å². The largest absolute Gasteiger partial charge is 0.351 e. The number of para-hydroxylation sites is 1. The van der Waals surface area contributed by atoms with Crippen molar-refractivity contribution < 1.29 is 4.79 Å². The van der Waals surface area contributed by atoms with E-state index in [1.54, 1.807) is 0 Å². The number of anilines is 2. The molecule has 0 saturated carbocycles. The monoisotopic (exact) mass is 495 g/mol. The number of aryl methyl sites for hydroxylation is 1. The predicted molar refractivity (Wildman–Crippen MR) is 148 cm³/mol. The molecule has 7 heteroatoms. The summed E-state index contributed by atoms with van der Waals surface area (Å²) in [6.45, 7) is 5.78. The minimum absolute atomic E-state index is 0.00186. The summed E-state index contributed by atoms with van der Waals surface area (Å²) in [4.78, 5) is 19.1. The Balaban J connectivity index is 1.59. The van der Waals surface area contributed by atoms with E-state index < -0.39 is 0 Å². The van der Waals surface area contributed by atoms with Crippen LogP contribution in [0.15, 0.2) is 91.3 Å². The van der Waals surface area contributed by atoms with Gasteiger partial charge in [0.2, 0.25) is 5.91 Å². The fraction of sp³-hybridized carbons (Fsp3) is 0.207. The van der Waals surface area contributed by atoms with Crippen LogP contribution in [0.3, 0.4) is 0 Å². The highest BCUT2D eigenvalue weighted by molar-refractivity contribution is 7.80. The molecule has 6 nitrogen and oxygen atoms in total. The van der Waals surface area contributed by atoms with E-state index >= 15 is 0 Å². The molecular formula is C29H29N5OS. The van der Waals surface area contributed by atoms with Gasteiger partial charge in [-0.25, -0.2) is 0 Å². The van der Waals surface area contributed by atoms with Crippen molar-refractivity contribution in [1.82, 2.24) is 14.9 Å². The Labute approximate surface area is 217 Å². The smallest absolute Gasteiger partial charge is 0.226 e. The number of carbonyl (C=O) groups excluding carboxylic acids is 1. The molecule has 0 aliphatic carbocycles. The lowest BCUT2D eigenvalue weighted by Crippen LogP contribution is -2.30. The lowest BCUT2D eigenvalue weighted by atomic mass is 10.00. The zero-order valence-electron chi connectivity index (χ0n) is 20.6. The van der Waals surface area contributed by atoms with Crippen molar-refractivity contribution in [3.8, 4) is 5.69 Å². The lowest BCUT2D eigenvalue weighted by molar-refractivity contribution is -0.118. The maximum absolute atomic E-state index is 12.3. The number of hydrogen-bond donors (Lipinski definition) is 2. The molecule has 3 heterocycles. The highest BCUT2D eigenvalue weighted by atomic mass is 32.1. The van der Waals surface area contributed by atoms with E-state index in [9.17, 15) is 4.79 Å². The molecule has 2 aromatic heterocycles. The zero-order valence-corrected chi connectivity index (χ0v) is 21.4. The number of rotatable bonds is 6. The first-order chi connectivity index (χ1) is 17.4. The predicted octanol–water partition coefficient (Wildman–Crippen LogP) is 5.95. The zero-order chi connectivity index (χ0) is 25.2. The Morgan fingerprint density at radius 2 is 1.78 bits per heavy atom. The van der Waals surface area contributed by atoms with Gasteiger partial charge in [0, 0.05) is 41.1 Å². The minimum atomic E-state index is -0.142. The van der Waals surface area contributed by atoms with Gasteiger partial charge in [0.15, 0.2) is 5.11 Å². The lowest BCUT2D eigenvalue weighted by Gasteiger charge is -2.29. The van der Waals surface area contributed by atoms with Crippen molar-refractivity contribution in [2.45, 2.75) is 32.9 Å². The number of benzene rings is 2. The minimum Gasteiger partial charge on any atom is -0.351 e. The van der Waals surface area contributed by atoms with Gasteiger partial charge in [-0.15, -0.1) is 0 Å². The van der Waals surface area contributed by atoms with Crippen LogP contribution in [0.1, 0.15) is 42.9 Å². The van der Waals surface area contributed by atoms with Crippen LogP contribution in [0.4, 0.5) is 11.4 Å². The number of thiocarbonyl (C=S) groups is 1. The summed E-state index contributed by atoms with van der Waals surface area (Å²) in [6.07, 6.45) is 3.89. The standard InChI is InChI=1S/C29H29N5OS/c1-19(2)28(35)31-23-15-14-22(18-20(23)3)34-27(26(32-29(34)36)24-12-7-8-16-30-24)25-13-9-17-33(25)21-10-5-4-6-11-21/h4-19,26-27H,1-3H3,(H,31,35)(H,32,36)/t26-,27+/m1/s1. The molecule has 1 aliphatic heterocycles. The summed E-state index contributed by atoms with van der Waals surface area (Å²) in [6, 6.07) is 26.2. The molecule has 182 valence electrons. The molecule has 2 N–H and O–H groups in total. The van der Waals surface area contributed by atoms with Crippen LogP contribution in [0.2, 0.25) is 0 Å². The number of aromatic nitrogens is 2. The molecule has 4 aromatic rings. The Bertz CT molecular complexity index is 1380. The molecule has 0 bridgehead atoms. The van der Waals surface area contributed by atoms with Crippen molar-refractivity contribution in [3.05, 3.63) is 108 Å². The molecule has 5 rings (SSSR count). The van der Waals surface area contributed by atoms with E-state index in [2.05, 4.69) is 61.6 Å². The molecule has 2 atom stereocenters. The second-order valence-electron chi connectivity index (χ2n) is 9.28. The van der Waals surface area contributed by atoms with Gasteiger partial charge < -0.3 is 20.1 Å². The quantitative estimate of drug-likeness (QED) is 0.324. The highest BCUT2D eigenvalue weighted by Crippen LogP contribution is 2.42. The Hall–Kier alpha value is -3.97. The number of hydrogen-bond acceptors (Lipinski definition) is 3. The molecule has 36 heavy (non-hydrogen) atoms. The number of amides is 1. The van der Waals surface area contributed by atoms with Crippen molar-refractivity contribution in [2.75, 3.05) is 10.2 Å². The van der Waals surface area contributed by atoms with Crippen molar-refractivity contribution in [2.24, 2.45) is 5.92 Å². The third-order valence-electron chi connectivity index (χ3n) is 6.49. The van der Waals surface area contributed by atoms with Crippen LogP contribution in [0.25, 0.3) is 5.69 Å². The summed E-state index contributed by atoms with van der Waals surface area (Å²) in [5.74, 6) is -0.0910. The first kappa shape index (κ1) is 23.8. The summed E-state index contributed by atoms with van der Waals surface area (Å²) in [5.41, 5.74) is 5.84. The third kappa shape index (κ3) is 4.50. The van der Waals surface area contributed by atoms with Gasteiger partial charge in [-0.1, -0.05) is 38.1 Å². The van der Waals surface area contributed by atoms with Crippen molar-refractivity contribution in [1.29, 1.82) is 0 Å². The van der Waals surface area contributed by atoms with E-state index in [0.717, 1.165) is 34.0 Å². The van der Waals surface area contributed by atoms with E-state index in [-0.39, 0.29) is 23.9 Å². The first-order valence-corrected chi connectivity index (χ1v) is 12.5. The SMILES string of the molecule is Cc1cc(N2C(=S)N[C@H](c3ccccn3)[C@@H]2c2cccn2-c2ccccc2)ccc1NC(=O)C(C)C. The maximum Gasteiger partial charge on any atom is 0.226 e. The number of nitrogens with one attached hydrogen (secondary N) is 2. The third-order valence-corrected chi connectivity index (χ3v) is 6.80. The van der Waals surface area contributed by atoms with Crippen molar-refractivity contribution >= 4 is 34.6 Å². The summed E-state index contributed by atoms with van der Waals surface area (Å²) < 4.78 is 2.20. The highest BCUT2D eigenvalue weighted by Gasteiger charge is 2.42. The fourth-order valence-corrected chi connectivity index (χ4v) is 4.95. The molecule has 0 spiro atoms. The van der Waals surface area contributed by atoms with Gasteiger partial charge in [-0.2, -0.15) is 0 Å². The maximum atomic E-state index is 12.3. The molecule has 1 aliphatic rings. The molecular weight excluding hydrogens is 466 g/mol. The van der Waals surface area contributed by atoms with E-state index in [4.69, 9.17) is 12.2 Å². The topological polar surface area (TPSA) is 62.2 Å². The van der Waals surface area contributed by atoms with Gasteiger partial charge >= 0.3 is 0 Å².